The van der Waals surface area contributed by atoms with Gasteiger partial charge in [-0.05, 0) is 7.05 Å². The lowest BCUT2D eigenvalue weighted by Gasteiger charge is -2.01. The summed E-state index contributed by atoms with van der Waals surface area (Å²) in [6, 6.07) is 0. The van der Waals surface area contributed by atoms with Crippen molar-refractivity contribution in [1.29, 1.82) is 0 Å². The van der Waals surface area contributed by atoms with Crippen molar-refractivity contribution in [3.63, 3.8) is 0 Å². The van der Waals surface area contributed by atoms with E-state index in [2.05, 4.69) is 9.46 Å². The van der Waals surface area contributed by atoms with Crippen LogP contribution < -0.4 is 4.72 Å². The fourth-order valence-corrected chi connectivity index (χ4v) is 0.904. The van der Waals surface area contributed by atoms with Gasteiger partial charge >= 0.3 is 5.97 Å². The van der Waals surface area contributed by atoms with E-state index in [9.17, 15) is 13.2 Å². The van der Waals surface area contributed by atoms with Gasteiger partial charge in [-0.3, -0.25) is 4.79 Å². The normalized spacial score (nSPS) is 11.1. The quantitative estimate of drug-likeness (QED) is 0.570. The summed E-state index contributed by atoms with van der Waals surface area (Å²) in [4.78, 5) is 10.2. The first-order valence-corrected chi connectivity index (χ1v) is 4.68. The Balaban J connectivity index is 3.63. The Bertz CT molecular complexity index is 221. The molecule has 1 N–H and O–H groups in total. The highest BCUT2D eigenvalue weighted by Crippen LogP contribution is 1.83. The topological polar surface area (TPSA) is 72.5 Å². The maximum Gasteiger partial charge on any atom is 0.302 e. The summed E-state index contributed by atoms with van der Waals surface area (Å²) in [5.74, 6) is -0.667. The first-order chi connectivity index (χ1) is 4.98. The van der Waals surface area contributed by atoms with Gasteiger partial charge in [-0.15, -0.1) is 0 Å². The Kier molecular flexibility index (Phi) is 4.06. The average molecular weight is 181 g/mol. The van der Waals surface area contributed by atoms with E-state index in [0.29, 0.717) is 0 Å². The van der Waals surface area contributed by atoms with E-state index in [-0.39, 0.29) is 12.4 Å². The van der Waals surface area contributed by atoms with Crippen LogP contribution in [0.15, 0.2) is 0 Å². The minimum absolute atomic E-state index is 0.0987. The molecule has 0 heterocycles. The van der Waals surface area contributed by atoms with Gasteiger partial charge in [0.05, 0.1) is 5.75 Å². The average Bonchev–Trinajstić information content (AvgIpc) is 1.87. The molecule has 0 aromatic heterocycles. The molecule has 66 valence electrons. The highest BCUT2D eigenvalue weighted by Gasteiger charge is 2.06. The molecule has 0 unspecified atom stereocenters. The molecule has 6 heteroatoms. The minimum atomic E-state index is -3.24. The Morgan fingerprint density at radius 3 is 2.45 bits per heavy atom. The summed E-state index contributed by atoms with van der Waals surface area (Å²) >= 11 is 0. The van der Waals surface area contributed by atoms with Gasteiger partial charge in [0.15, 0.2) is 0 Å². The number of nitrogens with one attached hydrogen (secondary N) is 1. The lowest BCUT2D eigenvalue weighted by molar-refractivity contribution is -0.140. The van der Waals surface area contributed by atoms with Gasteiger partial charge in [0, 0.05) is 6.92 Å². The zero-order valence-corrected chi connectivity index (χ0v) is 7.27. The van der Waals surface area contributed by atoms with E-state index >= 15 is 0 Å². The second-order valence-electron chi connectivity index (χ2n) is 1.86. The molecule has 0 bridgehead atoms. The summed E-state index contributed by atoms with van der Waals surface area (Å²) in [7, 11) is -1.93. The molecule has 0 saturated carbocycles. The number of carbonyl (C=O) groups is 1. The van der Waals surface area contributed by atoms with E-state index in [0.717, 1.165) is 0 Å². The monoisotopic (exact) mass is 181 g/mol. The first kappa shape index (κ1) is 10.4. The summed E-state index contributed by atoms with van der Waals surface area (Å²) < 4.78 is 27.9. The number of rotatable bonds is 4. The number of hydrogen-bond acceptors (Lipinski definition) is 4. The van der Waals surface area contributed by atoms with Gasteiger partial charge in [0.25, 0.3) is 0 Å². The predicted octanol–water partition coefficient (Wildman–Crippen LogP) is -0.901. The summed E-state index contributed by atoms with van der Waals surface area (Å²) in [6.45, 7) is 1.13. The molecule has 0 amide bonds. The standard InChI is InChI=1S/C5H11NO4S/c1-5(7)10-3-4-11(8,9)6-2/h6H,3-4H2,1-2H3. The zero-order valence-electron chi connectivity index (χ0n) is 6.46. The number of sulfonamides is 1. The molecule has 0 spiro atoms. The van der Waals surface area contributed by atoms with E-state index in [1.54, 1.807) is 0 Å². The van der Waals surface area contributed by atoms with Crippen molar-refractivity contribution in [3.05, 3.63) is 0 Å². The van der Waals surface area contributed by atoms with Gasteiger partial charge < -0.3 is 4.74 Å². The molecule has 0 aliphatic rings. The van der Waals surface area contributed by atoms with Crippen LogP contribution >= 0.6 is 0 Å². The molecule has 5 nitrogen and oxygen atoms in total. The van der Waals surface area contributed by atoms with E-state index in [1.165, 1.54) is 14.0 Å². The molecule has 0 aliphatic heterocycles. The van der Waals surface area contributed by atoms with Crippen molar-refractivity contribution >= 4 is 16.0 Å². The SMILES string of the molecule is CNS(=O)(=O)CCOC(C)=O. The molecule has 0 radical (unpaired) electrons. The van der Waals surface area contributed by atoms with Crippen LogP contribution in [0.5, 0.6) is 0 Å². The second kappa shape index (κ2) is 4.30. The van der Waals surface area contributed by atoms with Crippen LogP contribution in [0.2, 0.25) is 0 Å². The lowest BCUT2D eigenvalue weighted by atomic mass is 10.8. The first-order valence-electron chi connectivity index (χ1n) is 3.02. The van der Waals surface area contributed by atoms with Crippen LogP contribution in [0.25, 0.3) is 0 Å². The third-order valence-electron chi connectivity index (χ3n) is 0.968. The van der Waals surface area contributed by atoms with Crippen molar-refractivity contribution in [1.82, 2.24) is 4.72 Å². The van der Waals surface area contributed by atoms with Crippen molar-refractivity contribution in [2.75, 3.05) is 19.4 Å². The van der Waals surface area contributed by atoms with Crippen LogP contribution in [0, 0.1) is 0 Å². The van der Waals surface area contributed by atoms with Gasteiger partial charge in [0.1, 0.15) is 6.61 Å². The molecule has 0 rings (SSSR count). The number of hydrogen-bond donors (Lipinski definition) is 1. The van der Waals surface area contributed by atoms with Crippen molar-refractivity contribution in [2.45, 2.75) is 6.92 Å². The van der Waals surface area contributed by atoms with Gasteiger partial charge in [-0.25, -0.2) is 13.1 Å². The zero-order chi connectivity index (χ0) is 8.91. The highest BCUT2D eigenvalue weighted by atomic mass is 32.2. The molecule has 0 saturated heterocycles. The Hall–Kier alpha value is -0.620. The van der Waals surface area contributed by atoms with Crippen LogP contribution in [0.3, 0.4) is 0 Å². The molecule has 11 heavy (non-hydrogen) atoms. The summed E-state index contributed by atoms with van der Waals surface area (Å²) in [5.41, 5.74) is 0. The number of ether oxygens (including phenoxy) is 1. The Labute approximate surface area is 65.8 Å². The predicted molar refractivity (Wildman–Crippen MR) is 39.5 cm³/mol. The van der Waals surface area contributed by atoms with E-state index in [1.807, 2.05) is 0 Å². The van der Waals surface area contributed by atoms with Crippen LogP contribution in [0.4, 0.5) is 0 Å². The second-order valence-corrected chi connectivity index (χ2v) is 3.91. The fraction of sp³-hybridized carbons (Fsp3) is 0.800. The van der Waals surface area contributed by atoms with Crippen LogP contribution in [-0.4, -0.2) is 33.8 Å². The molecular weight excluding hydrogens is 170 g/mol. The fourth-order valence-electron chi connectivity index (χ4n) is 0.397. The van der Waals surface area contributed by atoms with Crippen molar-refractivity contribution in [3.8, 4) is 0 Å². The van der Waals surface area contributed by atoms with Gasteiger partial charge in [0.2, 0.25) is 10.0 Å². The van der Waals surface area contributed by atoms with Crippen LogP contribution in [-0.2, 0) is 19.6 Å². The molecule has 0 aromatic carbocycles. The number of esters is 1. The molecular formula is C5H11NO4S. The lowest BCUT2D eigenvalue weighted by Crippen LogP contribution is -2.25. The largest absolute Gasteiger partial charge is 0.465 e. The van der Waals surface area contributed by atoms with Crippen molar-refractivity contribution < 1.29 is 17.9 Å². The molecule has 0 aromatic rings. The Morgan fingerprint density at radius 1 is 1.55 bits per heavy atom. The Morgan fingerprint density at radius 2 is 2.09 bits per heavy atom. The van der Waals surface area contributed by atoms with Gasteiger partial charge in [-0.1, -0.05) is 0 Å². The molecule has 0 fully saturated rings. The molecule has 0 aliphatic carbocycles. The molecule has 0 atom stereocenters. The van der Waals surface area contributed by atoms with Crippen LogP contribution in [0.1, 0.15) is 6.92 Å². The number of carbonyl (C=O) groups excluding carboxylic acids is 1. The van der Waals surface area contributed by atoms with Crippen molar-refractivity contribution in [2.24, 2.45) is 0 Å². The van der Waals surface area contributed by atoms with Gasteiger partial charge in [-0.2, -0.15) is 0 Å². The smallest absolute Gasteiger partial charge is 0.302 e. The highest BCUT2D eigenvalue weighted by molar-refractivity contribution is 7.89. The maximum absolute atomic E-state index is 10.7. The summed E-state index contributed by atoms with van der Waals surface area (Å²) in [5, 5.41) is 0. The third-order valence-corrected chi connectivity index (χ3v) is 2.29. The minimum Gasteiger partial charge on any atom is -0.465 e. The maximum atomic E-state index is 10.7. The van der Waals surface area contributed by atoms with E-state index < -0.39 is 16.0 Å². The summed E-state index contributed by atoms with van der Waals surface area (Å²) in [6.07, 6.45) is 0. The third kappa shape index (κ3) is 5.81. The van der Waals surface area contributed by atoms with E-state index in [4.69, 9.17) is 0 Å².